The molecule has 0 spiro atoms. The zero-order valence-electron chi connectivity index (χ0n) is 11.1. The minimum atomic E-state index is -5.60. The number of thioether (sulfide) groups is 1. The molecule has 0 saturated carbocycles. The van der Waals surface area contributed by atoms with Crippen LogP contribution in [0.3, 0.4) is 0 Å². The van der Waals surface area contributed by atoms with Crippen LogP contribution in [-0.2, 0) is 29.2 Å². The molecule has 0 aromatic heterocycles. The Hall–Kier alpha value is -0.940. The fourth-order valence-corrected chi connectivity index (χ4v) is 3.97. The summed E-state index contributed by atoms with van der Waals surface area (Å²) in [7, 11) is -3.44. The van der Waals surface area contributed by atoms with Crippen molar-refractivity contribution >= 4 is 33.8 Å². The second kappa shape index (κ2) is 6.44. The van der Waals surface area contributed by atoms with Gasteiger partial charge in [-0.2, -0.15) is 17.2 Å². The molecule has 0 aromatic rings. The van der Waals surface area contributed by atoms with Gasteiger partial charge in [0.05, 0.1) is 14.2 Å². The van der Waals surface area contributed by atoms with Gasteiger partial charge in [0.2, 0.25) is 0 Å². The van der Waals surface area contributed by atoms with Crippen LogP contribution in [0, 0.1) is 5.92 Å². The van der Waals surface area contributed by atoms with E-state index in [1.165, 1.54) is 0 Å². The van der Waals surface area contributed by atoms with Gasteiger partial charge in [0.25, 0.3) is 0 Å². The molecule has 11 heteroatoms. The molecule has 1 N–H and O–H groups in total. The fraction of sp³-hybridized carbons (Fsp3) is 0.800. The number of rotatable bonds is 5. The Morgan fingerprint density at radius 1 is 1.29 bits per heavy atom. The summed E-state index contributed by atoms with van der Waals surface area (Å²) >= 11 is 0.777. The van der Waals surface area contributed by atoms with Gasteiger partial charge >= 0.3 is 27.3 Å². The highest BCUT2D eigenvalue weighted by atomic mass is 32.2. The lowest BCUT2D eigenvalue weighted by molar-refractivity contribution is -0.142. The molecule has 1 rings (SSSR count). The van der Waals surface area contributed by atoms with E-state index in [0.29, 0.717) is 0 Å². The Morgan fingerprint density at radius 3 is 2.24 bits per heavy atom. The Morgan fingerprint density at radius 2 is 1.81 bits per heavy atom. The van der Waals surface area contributed by atoms with Gasteiger partial charge in [0, 0.05) is 6.42 Å². The minimum Gasteiger partial charge on any atom is -0.468 e. The number of alkyl halides is 2. The molecule has 122 valence electrons. The molecule has 1 aliphatic heterocycles. The Balaban J connectivity index is 2.96. The average Bonchev–Trinajstić information content (AvgIpc) is 2.78. The SMILES string of the molecule is COC(=O)C1CC(CC(F)(F)S(=O)(=O)O)C(C(=O)OC)S1. The number of halogens is 2. The minimum absolute atomic E-state index is 0.178. The van der Waals surface area contributed by atoms with Gasteiger partial charge in [-0.3, -0.25) is 14.1 Å². The first-order valence-electron chi connectivity index (χ1n) is 5.69. The fourth-order valence-electron chi connectivity index (χ4n) is 1.99. The third-order valence-corrected chi connectivity index (χ3v) is 5.54. The summed E-state index contributed by atoms with van der Waals surface area (Å²) in [6, 6.07) is 0. The van der Waals surface area contributed by atoms with Crippen LogP contribution in [0.15, 0.2) is 0 Å². The van der Waals surface area contributed by atoms with Crippen LogP contribution >= 0.6 is 11.8 Å². The molecule has 3 unspecified atom stereocenters. The molecule has 0 aliphatic carbocycles. The van der Waals surface area contributed by atoms with E-state index in [2.05, 4.69) is 9.47 Å². The summed E-state index contributed by atoms with van der Waals surface area (Å²) < 4.78 is 65.6. The Labute approximate surface area is 124 Å². The lowest BCUT2D eigenvalue weighted by atomic mass is 9.96. The second-order valence-corrected chi connectivity index (χ2v) is 7.30. The number of carbonyl (C=O) groups is 2. The molecule has 7 nitrogen and oxygen atoms in total. The van der Waals surface area contributed by atoms with E-state index in [1.54, 1.807) is 0 Å². The quantitative estimate of drug-likeness (QED) is 0.571. The second-order valence-electron chi connectivity index (χ2n) is 4.40. The maximum atomic E-state index is 13.4. The Kier molecular flexibility index (Phi) is 5.56. The van der Waals surface area contributed by atoms with E-state index in [9.17, 15) is 26.8 Å². The van der Waals surface area contributed by atoms with E-state index in [1.807, 2.05) is 0 Å². The maximum Gasteiger partial charge on any atom is 0.370 e. The molecular formula is C10H14F2O7S2. The monoisotopic (exact) mass is 348 g/mol. The van der Waals surface area contributed by atoms with Gasteiger partial charge in [0.1, 0.15) is 10.5 Å². The number of hydrogen-bond acceptors (Lipinski definition) is 7. The smallest absolute Gasteiger partial charge is 0.370 e. The third kappa shape index (κ3) is 4.04. The number of hydrogen-bond donors (Lipinski definition) is 1. The molecule has 1 aliphatic rings. The molecule has 1 heterocycles. The predicted molar refractivity (Wildman–Crippen MR) is 68.4 cm³/mol. The molecule has 0 bridgehead atoms. The summed E-state index contributed by atoms with van der Waals surface area (Å²) in [5.41, 5.74) is 0. The van der Waals surface area contributed by atoms with E-state index >= 15 is 0 Å². The number of ether oxygens (including phenoxy) is 2. The lowest BCUT2D eigenvalue weighted by Gasteiger charge is -2.20. The van der Waals surface area contributed by atoms with Gasteiger partial charge in [-0.1, -0.05) is 0 Å². The van der Waals surface area contributed by atoms with Gasteiger partial charge in [-0.25, -0.2) is 0 Å². The third-order valence-electron chi connectivity index (χ3n) is 3.03. The van der Waals surface area contributed by atoms with Gasteiger partial charge in [-0.05, 0) is 12.3 Å². The Bertz CT molecular complexity index is 519. The number of esters is 2. The molecule has 21 heavy (non-hydrogen) atoms. The molecule has 0 radical (unpaired) electrons. The first kappa shape index (κ1) is 18.1. The van der Waals surface area contributed by atoms with Crippen molar-refractivity contribution in [1.82, 2.24) is 0 Å². The summed E-state index contributed by atoms with van der Waals surface area (Å²) in [5.74, 6) is -2.70. The highest BCUT2D eigenvalue weighted by Crippen LogP contribution is 2.45. The first-order chi connectivity index (χ1) is 9.53. The highest BCUT2D eigenvalue weighted by molar-refractivity contribution is 8.02. The maximum absolute atomic E-state index is 13.4. The van der Waals surface area contributed by atoms with Crippen LogP contribution in [0.4, 0.5) is 8.78 Å². The average molecular weight is 348 g/mol. The summed E-state index contributed by atoms with van der Waals surface area (Å²) in [4.78, 5) is 23.0. The molecule has 3 atom stereocenters. The normalized spacial score (nSPS) is 26.4. The predicted octanol–water partition coefficient (Wildman–Crippen LogP) is 0.693. The zero-order valence-corrected chi connectivity index (χ0v) is 12.7. The molecular weight excluding hydrogens is 334 g/mol. The molecule has 0 amide bonds. The van der Waals surface area contributed by atoms with E-state index < -0.39 is 50.1 Å². The van der Waals surface area contributed by atoms with Crippen molar-refractivity contribution in [3.05, 3.63) is 0 Å². The van der Waals surface area contributed by atoms with Crippen LogP contribution in [0.25, 0.3) is 0 Å². The standard InChI is InChI=1S/C10H14F2O7S2/c1-18-8(13)6-3-5(7(20-6)9(14)19-2)4-10(11,12)21(15,16)17/h5-7H,3-4H2,1-2H3,(H,15,16,17). The zero-order chi connectivity index (χ0) is 16.4. The van der Waals surface area contributed by atoms with Crippen molar-refractivity contribution in [3.63, 3.8) is 0 Å². The van der Waals surface area contributed by atoms with Gasteiger partial charge < -0.3 is 9.47 Å². The lowest BCUT2D eigenvalue weighted by Crippen LogP contribution is -2.35. The van der Waals surface area contributed by atoms with E-state index in [-0.39, 0.29) is 6.42 Å². The number of methoxy groups -OCH3 is 2. The van der Waals surface area contributed by atoms with Crippen molar-refractivity contribution in [2.75, 3.05) is 14.2 Å². The van der Waals surface area contributed by atoms with Crippen molar-refractivity contribution in [3.8, 4) is 0 Å². The van der Waals surface area contributed by atoms with Crippen molar-refractivity contribution in [2.45, 2.75) is 28.6 Å². The van der Waals surface area contributed by atoms with Crippen molar-refractivity contribution in [2.24, 2.45) is 5.92 Å². The molecule has 1 saturated heterocycles. The van der Waals surface area contributed by atoms with Crippen LogP contribution < -0.4 is 0 Å². The van der Waals surface area contributed by atoms with E-state index in [0.717, 1.165) is 26.0 Å². The van der Waals surface area contributed by atoms with Crippen LogP contribution in [0.1, 0.15) is 12.8 Å². The largest absolute Gasteiger partial charge is 0.468 e. The van der Waals surface area contributed by atoms with Gasteiger partial charge in [-0.15, -0.1) is 11.8 Å². The van der Waals surface area contributed by atoms with Crippen molar-refractivity contribution < 1.29 is 40.8 Å². The summed E-state index contributed by atoms with van der Waals surface area (Å²) in [6.07, 6.45) is -1.46. The van der Waals surface area contributed by atoms with E-state index in [4.69, 9.17) is 4.55 Å². The summed E-state index contributed by atoms with van der Waals surface area (Å²) in [6.45, 7) is 0. The summed E-state index contributed by atoms with van der Waals surface area (Å²) in [5, 5.41) is -6.41. The van der Waals surface area contributed by atoms with Crippen molar-refractivity contribution in [1.29, 1.82) is 0 Å². The van der Waals surface area contributed by atoms with Gasteiger partial charge in [0.15, 0.2) is 0 Å². The van der Waals surface area contributed by atoms with Crippen LogP contribution in [0.5, 0.6) is 0 Å². The molecule has 0 aromatic carbocycles. The van der Waals surface area contributed by atoms with Crippen LogP contribution in [0.2, 0.25) is 0 Å². The first-order valence-corrected chi connectivity index (χ1v) is 8.07. The topological polar surface area (TPSA) is 107 Å². The number of carbonyl (C=O) groups excluding carboxylic acids is 2. The highest BCUT2D eigenvalue weighted by Gasteiger charge is 2.52. The van der Waals surface area contributed by atoms with Crippen LogP contribution in [-0.4, -0.2) is 54.9 Å². The molecule has 1 fully saturated rings.